The molecule has 1 aromatic rings. The van der Waals surface area contributed by atoms with Crippen molar-refractivity contribution in [2.75, 3.05) is 20.3 Å². The zero-order chi connectivity index (χ0) is 19.0. The largest absolute Gasteiger partial charge is 0.504 e. The van der Waals surface area contributed by atoms with Crippen LogP contribution in [0.3, 0.4) is 0 Å². The average Bonchev–Trinajstić information content (AvgIpc) is 2.63. The van der Waals surface area contributed by atoms with Gasteiger partial charge in [0.15, 0.2) is 11.5 Å². The van der Waals surface area contributed by atoms with Crippen molar-refractivity contribution in [3.05, 3.63) is 29.8 Å². The molecular formula is C16H22O9. The van der Waals surface area contributed by atoms with Gasteiger partial charge in [0.05, 0.1) is 13.7 Å². The molecule has 0 fully saturated rings. The standard InChI is InChI=1S/C16H22O9/c1-24-13-6-9(2-4-10(13)18)3-5-14(21)25-8-12(20)16(23)15(22)11(19)7-17/h2-6,11-12,15-20,22-23H,7-8H2,1H3/b5-3+/t11-,12+,15-,16-/m1/s1. The van der Waals surface area contributed by atoms with Gasteiger partial charge in [0.2, 0.25) is 0 Å². The molecule has 0 aromatic heterocycles. The predicted molar refractivity (Wildman–Crippen MR) is 85.8 cm³/mol. The van der Waals surface area contributed by atoms with Gasteiger partial charge in [-0.25, -0.2) is 4.79 Å². The first kappa shape index (κ1) is 20.9. The van der Waals surface area contributed by atoms with Gasteiger partial charge in [-0.15, -0.1) is 0 Å². The number of hydrogen-bond donors (Lipinski definition) is 6. The van der Waals surface area contributed by atoms with Crippen molar-refractivity contribution in [3.63, 3.8) is 0 Å². The number of aliphatic hydroxyl groups excluding tert-OH is 5. The lowest BCUT2D eigenvalue weighted by Gasteiger charge is -2.25. The lowest BCUT2D eigenvalue weighted by atomic mass is 10.0. The highest BCUT2D eigenvalue weighted by atomic mass is 16.5. The Balaban J connectivity index is 2.54. The second-order valence-electron chi connectivity index (χ2n) is 5.19. The van der Waals surface area contributed by atoms with Crippen molar-refractivity contribution in [3.8, 4) is 11.5 Å². The van der Waals surface area contributed by atoms with Gasteiger partial charge in [-0.1, -0.05) is 6.07 Å². The van der Waals surface area contributed by atoms with Crippen LogP contribution in [0.5, 0.6) is 11.5 Å². The summed E-state index contributed by atoms with van der Waals surface area (Å²) in [6, 6.07) is 4.41. The molecule has 0 radical (unpaired) electrons. The first-order valence-corrected chi connectivity index (χ1v) is 7.35. The van der Waals surface area contributed by atoms with E-state index in [1.165, 1.54) is 31.4 Å². The van der Waals surface area contributed by atoms with Gasteiger partial charge in [0, 0.05) is 6.08 Å². The highest BCUT2D eigenvalue weighted by molar-refractivity contribution is 5.87. The van der Waals surface area contributed by atoms with Crippen LogP contribution >= 0.6 is 0 Å². The number of phenols is 1. The summed E-state index contributed by atoms with van der Waals surface area (Å²) in [4.78, 5) is 11.6. The van der Waals surface area contributed by atoms with Gasteiger partial charge in [0.25, 0.3) is 0 Å². The van der Waals surface area contributed by atoms with E-state index < -0.39 is 43.6 Å². The Morgan fingerprint density at radius 3 is 2.40 bits per heavy atom. The number of rotatable bonds is 9. The first-order valence-electron chi connectivity index (χ1n) is 7.35. The molecule has 140 valence electrons. The lowest BCUT2D eigenvalue weighted by molar-refractivity contribution is -0.151. The average molecular weight is 358 g/mol. The predicted octanol–water partition coefficient (Wildman–Crippen LogP) is -1.61. The maximum atomic E-state index is 11.6. The smallest absolute Gasteiger partial charge is 0.330 e. The molecule has 0 saturated heterocycles. The number of carbonyl (C=O) groups excluding carboxylic acids is 1. The van der Waals surface area contributed by atoms with Crippen molar-refractivity contribution in [2.45, 2.75) is 24.4 Å². The molecule has 0 bridgehead atoms. The molecule has 0 amide bonds. The Bertz CT molecular complexity index is 587. The number of ether oxygens (including phenoxy) is 2. The van der Waals surface area contributed by atoms with Gasteiger partial charge in [-0.05, 0) is 23.8 Å². The molecule has 0 aliphatic rings. The quantitative estimate of drug-likeness (QED) is 0.226. The zero-order valence-corrected chi connectivity index (χ0v) is 13.5. The molecule has 9 nitrogen and oxygen atoms in total. The lowest BCUT2D eigenvalue weighted by Crippen LogP contribution is -2.47. The number of aliphatic hydroxyl groups is 5. The van der Waals surface area contributed by atoms with Gasteiger partial charge >= 0.3 is 5.97 Å². The Labute approximate surface area is 144 Å². The van der Waals surface area contributed by atoms with Gasteiger partial charge < -0.3 is 40.1 Å². The number of carbonyl (C=O) groups is 1. The molecule has 0 heterocycles. The molecule has 0 spiro atoms. The molecule has 0 aliphatic carbocycles. The van der Waals surface area contributed by atoms with E-state index in [1.807, 2.05) is 0 Å². The van der Waals surface area contributed by atoms with Crippen LogP contribution in [0.1, 0.15) is 5.56 Å². The van der Waals surface area contributed by atoms with Gasteiger partial charge in [-0.2, -0.15) is 0 Å². The molecule has 1 aromatic carbocycles. The number of benzene rings is 1. The molecule has 0 unspecified atom stereocenters. The Hall–Kier alpha value is -2.17. The maximum absolute atomic E-state index is 11.6. The number of methoxy groups -OCH3 is 1. The van der Waals surface area contributed by atoms with E-state index in [0.29, 0.717) is 5.56 Å². The number of hydrogen-bond acceptors (Lipinski definition) is 9. The highest BCUT2D eigenvalue weighted by Gasteiger charge is 2.30. The topological polar surface area (TPSA) is 157 Å². The summed E-state index contributed by atoms with van der Waals surface area (Å²) in [5.41, 5.74) is 0.550. The molecule has 0 aliphatic heterocycles. The van der Waals surface area contributed by atoms with Crippen LogP contribution < -0.4 is 4.74 Å². The van der Waals surface area contributed by atoms with Crippen LogP contribution in [0.25, 0.3) is 6.08 Å². The Kier molecular flexibility index (Phi) is 8.32. The van der Waals surface area contributed by atoms with Crippen molar-refractivity contribution < 1.29 is 44.9 Å². The molecule has 4 atom stereocenters. The summed E-state index contributed by atoms with van der Waals surface area (Å²) in [5.74, 6) is -0.649. The van der Waals surface area contributed by atoms with E-state index >= 15 is 0 Å². The molecule has 0 saturated carbocycles. The van der Waals surface area contributed by atoms with Crippen LogP contribution in [0.4, 0.5) is 0 Å². The van der Waals surface area contributed by atoms with Crippen molar-refractivity contribution in [1.29, 1.82) is 0 Å². The molecular weight excluding hydrogens is 336 g/mol. The normalized spacial score (nSPS) is 16.2. The Morgan fingerprint density at radius 2 is 1.80 bits per heavy atom. The van der Waals surface area contributed by atoms with E-state index in [4.69, 9.17) is 14.6 Å². The minimum Gasteiger partial charge on any atom is -0.504 e. The fourth-order valence-electron chi connectivity index (χ4n) is 1.84. The molecule has 9 heteroatoms. The summed E-state index contributed by atoms with van der Waals surface area (Å²) in [6.45, 7) is -1.43. The minimum atomic E-state index is -1.81. The van der Waals surface area contributed by atoms with Crippen LogP contribution in [0.15, 0.2) is 24.3 Å². The van der Waals surface area contributed by atoms with E-state index in [-0.39, 0.29) is 11.5 Å². The van der Waals surface area contributed by atoms with E-state index in [1.54, 1.807) is 0 Å². The van der Waals surface area contributed by atoms with Crippen LogP contribution in [0, 0.1) is 0 Å². The first-order chi connectivity index (χ1) is 11.8. The van der Waals surface area contributed by atoms with Gasteiger partial charge in [-0.3, -0.25) is 0 Å². The summed E-state index contributed by atoms with van der Waals surface area (Å²) in [5, 5.41) is 55.9. The molecule has 6 N–H and O–H groups in total. The molecule has 1 rings (SSSR count). The maximum Gasteiger partial charge on any atom is 0.330 e. The van der Waals surface area contributed by atoms with Crippen LogP contribution in [0.2, 0.25) is 0 Å². The second-order valence-corrected chi connectivity index (χ2v) is 5.19. The SMILES string of the molecule is COc1cc(/C=C/C(=O)OC[C@H](O)[C@@H](O)[C@H](O)[C@H](O)CO)ccc1O. The van der Waals surface area contributed by atoms with Crippen LogP contribution in [-0.2, 0) is 9.53 Å². The number of esters is 1. The van der Waals surface area contributed by atoms with Crippen molar-refractivity contribution in [2.24, 2.45) is 0 Å². The monoisotopic (exact) mass is 358 g/mol. The summed E-state index contributed by atoms with van der Waals surface area (Å²) >= 11 is 0. The van der Waals surface area contributed by atoms with Gasteiger partial charge in [0.1, 0.15) is 31.0 Å². The molecule has 25 heavy (non-hydrogen) atoms. The van der Waals surface area contributed by atoms with E-state index in [9.17, 15) is 30.3 Å². The summed E-state index contributed by atoms with van der Waals surface area (Å²) < 4.78 is 9.64. The van der Waals surface area contributed by atoms with Crippen molar-refractivity contribution >= 4 is 12.0 Å². The Morgan fingerprint density at radius 1 is 1.16 bits per heavy atom. The van der Waals surface area contributed by atoms with Crippen molar-refractivity contribution in [1.82, 2.24) is 0 Å². The minimum absolute atomic E-state index is 0.0528. The number of aromatic hydroxyl groups is 1. The third-order valence-corrected chi connectivity index (χ3v) is 3.34. The summed E-state index contributed by atoms with van der Waals surface area (Å²) in [6.07, 6.45) is -4.44. The van der Waals surface area contributed by atoms with E-state index in [0.717, 1.165) is 6.08 Å². The third kappa shape index (κ3) is 6.33. The fourth-order valence-corrected chi connectivity index (χ4v) is 1.84. The fraction of sp³-hybridized carbons (Fsp3) is 0.438. The van der Waals surface area contributed by atoms with E-state index in [2.05, 4.69) is 0 Å². The highest BCUT2D eigenvalue weighted by Crippen LogP contribution is 2.26. The summed E-state index contributed by atoms with van der Waals surface area (Å²) in [7, 11) is 1.38. The zero-order valence-electron chi connectivity index (χ0n) is 13.5. The number of phenolic OH excluding ortho intramolecular Hbond substituents is 1. The second kappa shape index (κ2) is 9.97. The third-order valence-electron chi connectivity index (χ3n) is 3.34. The van der Waals surface area contributed by atoms with Crippen LogP contribution in [-0.4, -0.2) is 81.3 Å².